The number of aliphatic hydroxyl groups excluding tert-OH is 2. The molecule has 4 unspecified atom stereocenters. The largest absolute Gasteiger partial charge is 0.508 e. The van der Waals surface area contributed by atoms with Crippen molar-refractivity contribution in [3.63, 3.8) is 0 Å². The van der Waals surface area contributed by atoms with Crippen LogP contribution in [0.3, 0.4) is 0 Å². The van der Waals surface area contributed by atoms with Gasteiger partial charge in [0.15, 0.2) is 0 Å². The summed E-state index contributed by atoms with van der Waals surface area (Å²) in [5.74, 6) is 0.872. The average Bonchev–Trinajstić information content (AvgIpc) is 2.96. The molecule has 1 fully saturated rings. The van der Waals surface area contributed by atoms with Gasteiger partial charge in [-0.1, -0.05) is 25.5 Å². The first-order chi connectivity index (χ1) is 12.5. The van der Waals surface area contributed by atoms with E-state index in [1.165, 1.54) is 0 Å². The van der Waals surface area contributed by atoms with Crippen molar-refractivity contribution in [2.75, 3.05) is 0 Å². The van der Waals surface area contributed by atoms with Gasteiger partial charge >= 0.3 is 0 Å². The summed E-state index contributed by atoms with van der Waals surface area (Å²) in [5, 5.41) is 30.0. The summed E-state index contributed by atoms with van der Waals surface area (Å²) in [4.78, 5) is 0. The normalized spacial score (nSPS) is 27.0. The molecule has 0 aromatic heterocycles. The smallest absolute Gasteiger partial charge is 0.228 e. The Balaban J connectivity index is 1.53. The van der Waals surface area contributed by atoms with Gasteiger partial charge in [0.05, 0.1) is 12.2 Å². The Morgan fingerprint density at radius 2 is 1.81 bits per heavy atom. The van der Waals surface area contributed by atoms with Crippen molar-refractivity contribution in [3.8, 4) is 22.6 Å². The highest BCUT2D eigenvalue weighted by Crippen LogP contribution is 2.40. The standard InChI is InChI=1S/C21H24O5/c1-2-3-15-11-19(23)20(24)21(25-15)26-16-5-7-18-13(10-16)8-12-9-14(22)4-6-17(12)18/h4-7,9-10,15,19-24H,2-3,8,11H2,1H3. The zero-order chi connectivity index (χ0) is 18.3. The van der Waals surface area contributed by atoms with E-state index in [2.05, 4.69) is 6.92 Å². The Morgan fingerprint density at radius 1 is 1.08 bits per heavy atom. The van der Waals surface area contributed by atoms with E-state index in [4.69, 9.17) is 9.47 Å². The SMILES string of the molecule is CCCC1CC(O)C(O)C(Oc2ccc3c(c2)Cc2cc(O)ccc2-3)O1. The number of benzene rings is 2. The van der Waals surface area contributed by atoms with Crippen molar-refractivity contribution in [1.29, 1.82) is 0 Å². The summed E-state index contributed by atoms with van der Waals surface area (Å²) in [5.41, 5.74) is 4.45. The number of hydrogen-bond donors (Lipinski definition) is 3. The van der Waals surface area contributed by atoms with Crippen LogP contribution in [0.2, 0.25) is 0 Å². The van der Waals surface area contributed by atoms with Gasteiger partial charge in [0.1, 0.15) is 17.6 Å². The average molecular weight is 356 g/mol. The molecule has 0 bridgehead atoms. The van der Waals surface area contributed by atoms with Crippen LogP contribution in [-0.2, 0) is 11.2 Å². The van der Waals surface area contributed by atoms with Gasteiger partial charge in [-0.15, -0.1) is 0 Å². The molecule has 3 N–H and O–H groups in total. The van der Waals surface area contributed by atoms with E-state index >= 15 is 0 Å². The van der Waals surface area contributed by atoms with Crippen LogP contribution >= 0.6 is 0 Å². The zero-order valence-corrected chi connectivity index (χ0v) is 14.8. The van der Waals surface area contributed by atoms with E-state index in [1.54, 1.807) is 12.1 Å². The van der Waals surface area contributed by atoms with E-state index in [1.807, 2.05) is 24.3 Å². The first-order valence-corrected chi connectivity index (χ1v) is 9.18. The minimum Gasteiger partial charge on any atom is -0.508 e. The molecule has 2 aliphatic rings. The molecule has 1 aliphatic carbocycles. The lowest BCUT2D eigenvalue weighted by atomic mass is 9.99. The summed E-state index contributed by atoms with van der Waals surface area (Å²) in [6, 6.07) is 11.2. The second-order valence-electron chi connectivity index (χ2n) is 7.16. The zero-order valence-electron chi connectivity index (χ0n) is 14.8. The van der Waals surface area contributed by atoms with Gasteiger partial charge in [-0.2, -0.15) is 0 Å². The van der Waals surface area contributed by atoms with E-state index in [0.29, 0.717) is 12.2 Å². The highest BCUT2D eigenvalue weighted by atomic mass is 16.7. The van der Waals surface area contributed by atoms with Gasteiger partial charge in [0, 0.05) is 6.42 Å². The topological polar surface area (TPSA) is 79.2 Å². The molecule has 1 saturated heterocycles. The minimum atomic E-state index is -1.06. The van der Waals surface area contributed by atoms with Crippen LogP contribution in [-0.4, -0.2) is 39.9 Å². The minimum absolute atomic E-state index is 0.106. The Morgan fingerprint density at radius 3 is 2.58 bits per heavy atom. The van der Waals surface area contributed by atoms with Crippen LogP contribution in [0.15, 0.2) is 36.4 Å². The lowest BCUT2D eigenvalue weighted by molar-refractivity contribution is -0.236. The highest BCUT2D eigenvalue weighted by Gasteiger charge is 2.38. The van der Waals surface area contributed by atoms with Crippen molar-refractivity contribution in [1.82, 2.24) is 0 Å². The van der Waals surface area contributed by atoms with Crippen LogP contribution in [0.4, 0.5) is 0 Å². The monoisotopic (exact) mass is 356 g/mol. The van der Waals surface area contributed by atoms with Crippen LogP contribution in [0, 0.1) is 0 Å². The van der Waals surface area contributed by atoms with Crippen LogP contribution in [0.1, 0.15) is 37.3 Å². The number of aliphatic hydroxyl groups is 2. The van der Waals surface area contributed by atoms with Gasteiger partial charge < -0.3 is 24.8 Å². The number of aromatic hydroxyl groups is 1. The van der Waals surface area contributed by atoms with Gasteiger partial charge in [0.25, 0.3) is 0 Å². The molecular formula is C21H24O5. The second-order valence-corrected chi connectivity index (χ2v) is 7.16. The van der Waals surface area contributed by atoms with Gasteiger partial charge in [0.2, 0.25) is 6.29 Å². The first kappa shape index (κ1) is 17.3. The fraction of sp³-hybridized carbons (Fsp3) is 0.429. The Labute approximate surface area is 152 Å². The van der Waals surface area contributed by atoms with Crippen molar-refractivity contribution >= 4 is 0 Å². The predicted octanol–water partition coefficient (Wildman–Crippen LogP) is 2.98. The predicted molar refractivity (Wildman–Crippen MR) is 97.2 cm³/mol. The Kier molecular flexibility index (Phi) is 4.61. The third kappa shape index (κ3) is 3.18. The molecule has 5 nitrogen and oxygen atoms in total. The van der Waals surface area contributed by atoms with E-state index < -0.39 is 18.5 Å². The first-order valence-electron chi connectivity index (χ1n) is 9.18. The molecule has 1 aliphatic heterocycles. The Bertz CT molecular complexity index is 803. The summed E-state index contributed by atoms with van der Waals surface area (Å²) >= 11 is 0. The molecule has 0 amide bonds. The lowest BCUT2D eigenvalue weighted by Crippen LogP contribution is -2.50. The quantitative estimate of drug-likeness (QED) is 0.670. The molecule has 0 radical (unpaired) electrons. The van der Waals surface area contributed by atoms with E-state index in [0.717, 1.165) is 41.5 Å². The highest BCUT2D eigenvalue weighted by molar-refractivity contribution is 5.78. The fourth-order valence-corrected chi connectivity index (χ4v) is 3.90. The van der Waals surface area contributed by atoms with E-state index in [-0.39, 0.29) is 11.9 Å². The molecule has 5 heteroatoms. The third-order valence-electron chi connectivity index (χ3n) is 5.20. The van der Waals surface area contributed by atoms with Gasteiger partial charge in [-0.25, -0.2) is 0 Å². The Hall–Kier alpha value is -2.08. The number of hydrogen-bond acceptors (Lipinski definition) is 5. The summed E-state index contributed by atoms with van der Waals surface area (Å²) < 4.78 is 11.7. The summed E-state index contributed by atoms with van der Waals surface area (Å²) in [6.07, 6.45) is 0.0452. The van der Waals surface area contributed by atoms with Crippen molar-refractivity contribution in [2.24, 2.45) is 0 Å². The molecule has 2 aromatic rings. The lowest BCUT2D eigenvalue weighted by Gasteiger charge is -2.37. The number of fused-ring (bicyclic) bond motifs is 3. The van der Waals surface area contributed by atoms with Crippen LogP contribution in [0.5, 0.6) is 11.5 Å². The van der Waals surface area contributed by atoms with Crippen molar-refractivity contribution < 1.29 is 24.8 Å². The van der Waals surface area contributed by atoms with Gasteiger partial charge in [-0.3, -0.25) is 0 Å². The number of phenols is 1. The molecule has 138 valence electrons. The maximum absolute atomic E-state index is 10.2. The van der Waals surface area contributed by atoms with Crippen molar-refractivity contribution in [2.45, 2.75) is 57.2 Å². The molecule has 4 rings (SSSR count). The maximum Gasteiger partial charge on any atom is 0.228 e. The maximum atomic E-state index is 10.2. The molecule has 0 spiro atoms. The van der Waals surface area contributed by atoms with E-state index in [9.17, 15) is 15.3 Å². The number of rotatable bonds is 4. The molecule has 1 heterocycles. The number of ether oxygens (including phenoxy) is 2. The van der Waals surface area contributed by atoms with Crippen molar-refractivity contribution in [3.05, 3.63) is 47.5 Å². The summed E-state index contributed by atoms with van der Waals surface area (Å²) in [6.45, 7) is 2.06. The van der Waals surface area contributed by atoms with Crippen LogP contribution in [0.25, 0.3) is 11.1 Å². The molecule has 26 heavy (non-hydrogen) atoms. The molecular weight excluding hydrogens is 332 g/mol. The van der Waals surface area contributed by atoms with Gasteiger partial charge in [-0.05, 0) is 59.4 Å². The molecule has 4 atom stereocenters. The third-order valence-corrected chi connectivity index (χ3v) is 5.20. The van der Waals surface area contributed by atoms with Crippen LogP contribution < -0.4 is 4.74 Å². The second kappa shape index (κ2) is 6.91. The molecule has 2 aromatic carbocycles. The fourth-order valence-electron chi connectivity index (χ4n) is 3.90. The summed E-state index contributed by atoms with van der Waals surface area (Å²) in [7, 11) is 0. The number of phenolic OH excluding ortho intramolecular Hbond substituents is 1. The molecule has 0 saturated carbocycles.